The molecule has 1 N–H and O–H groups in total. The van der Waals surface area contributed by atoms with E-state index in [0.29, 0.717) is 23.6 Å². The van der Waals surface area contributed by atoms with Gasteiger partial charge in [-0.05, 0) is 57.9 Å². The van der Waals surface area contributed by atoms with Gasteiger partial charge >= 0.3 is 0 Å². The van der Waals surface area contributed by atoms with Crippen molar-refractivity contribution in [3.05, 3.63) is 65.9 Å². The van der Waals surface area contributed by atoms with Gasteiger partial charge in [0.05, 0.1) is 30.1 Å². The molecule has 1 saturated heterocycles. The number of likely N-dealkylation sites (tertiary alicyclic amines) is 1. The van der Waals surface area contributed by atoms with Crippen LogP contribution in [0.2, 0.25) is 0 Å². The summed E-state index contributed by atoms with van der Waals surface area (Å²) in [5.41, 5.74) is 0.0670. The molecule has 0 bridgehead atoms. The predicted octanol–water partition coefficient (Wildman–Crippen LogP) is 3.10. The number of ether oxygens (including phenoxy) is 1. The number of pyridine rings is 1. The Morgan fingerprint density at radius 1 is 1.19 bits per heavy atom. The van der Waals surface area contributed by atoms with Gasteiger partial charge in [-0.3, -0.25) is 4.79 Å². The summed E-state index contributed by atoms with van der Waals surface area (Å²) < 4.78 is 20.1. The van der Waals surface area contributed by atoms with Gasteiger partial charge in [-0.25, -0.2) is 9.37 Å². The minimum atomic E-state index is -1.11. The third-order valence-corrected chi connectivity index (χ3v) is 5.63. The average Bonchev–Trinajstić information content (AvgIpc) is 3.29. The van der Waals surface area contributed by atoms with Crippen LogP contribution in [0, 0.1) is 5.82 Å². The molecule has 168 valence electrons. The van der Waals surface area contributed by atoms with Crippen molar-refractivity contribution in [1.29, 1.82) is 0 Å². The zero-order chi connectivity index (χ0) is 22.9. The number of aliphatic hydroxyl groups is 1. The summed E-state index contributed by atoms with van der Waals surface area (Å²) in [4.78, 5) is 20.7. The Kier molecular flexibility index (Phi) is 5.92. The first kappa shape index (κ1) is 21.9. The molecule has 1 aromatic carbocycles. The summed E-state index contributed by atoms with van der Waals surface area (Å²) in [5.74, 6) is -0.368. The van der Waals surface area contributed by atoms with Crippen LogP contribution in [0.3, 0.4) is 0 Å². The minimum absolute atomic E-state index is 0.0247. The molecule has 2 aromatic heterocycles. The van der Waals surface area contributed by atoms with Crippen LogP contribution in [0.25, 0.3) is 5.69 Å². The second-order valence-electron chi connectivity index (χ2n) is 8.52. The van der Waals surface area contributed by atoms with E-state index >= 15 is 0 Å². The van der Waals surface area contributed by atoms with E-state index < -0.39 is 11.4 Å². The number of rotatable bonds is 5. The van der Waals surface area contributed by atoms with Crippen LogP contribution in [0.4, 0.5) is 4.39 Å². The highest BCUT2D eigenvalue weighted by Gasteiger charge is 2.33. The molecule has 4 rings (SSSR count). The zero-order valence-electron chi connectivity index (χ0n) is 18.3. The number of benzene rings is 1. The highest BCUT2D eigenvalue weighted by molar-refractivity contribution is 5.98. The summed E-state index contributed by atoms with van der Waals surface area (Å²) in [6.07, 6.45) is 5.74. The number of hydrogen-bond donors (Lipinski definition) is 1. The molecule has 0 unspecified atom stereocenters. The van der Waals surface area contributed by atoms with Crippen molar-refractivity contribution >= 4 is 5.91 Å². The van der Waals surface area contributed by atoms with Crippen LogP contribution in [-0.4, -0.2) is 54.6 Å². The molecule has 1 aliphatic rings. The molecule has 9 heteroatoms. The maximum absolute atomic E-state index is 13.9. The molecule has 2 atom stereocenters. The molecule has 1 amide bonds. The third-order valence-electron chi connectivity index (χ3n) is 5.63. The van der Waals surface area contributed by atoms with Crippen LogP contribution >= 0.6 is 0 Å². The van der Waals surface area contributed by atoms with Crippen molar-refractivity contribution in [3.8, 4) is 11.6 Å². The first-order chi connectivity index (χ1) is 15.2. The summed E-state index contributed by atoms with van der Waals surface area (Å²) in [6.45, 7) is 5.67. The summed E-state index contributed by atoms with van der Waals surface area (Å²) in [5, 5.41) is 18.5. The van der Waals surface area contributed by atoms with Gasteiger partial charge in [-0.2, -0.15) is 15.0 Å². The standard InChI is InChI=1S/C23H26FN5O3/c1-15-6-8-17(32-21-19(23(2,3)31)5-4-10-25-21)14-28(15)22(30)18-9-7-16(24)13-20(18)29-26-11-12-27-29/h4-5,7,9-13,15,17,31H,6,8,14H2,1-3H3/t15-,17-/m1/s1. The summed E-state index contributed by atoms with van der Waals surface area (Å²) >= 11 is 0. The van der Waals surface area contributed by atoms with Crippen molar-refractivity contribution in [2.24, 2.45) is 0 Å². The number of nitrogens with zero attached hydrogens (tertiary/aromatic N) is 5. The number of carbonyl (C=O) groups is 1. The minimum Gasteiger partial charge on any atom is -0.472 e. The van der Waals surface area contributed by atoms with Gasteiger partial charge in [0.2, 0.25) is 5.88 Å². The molecule has 3 heterocycles. The fourth-order valence-electron chi connectivity index (χ4n) is 3.91. The molecule has 8 nitrogen and oxygen atoms in total. The van der Waals surface area contributed by atoms with E-state index in [-0.39, 0.29) is 23.7 Å². The van der Waals surface area contributed by atoms with E-state index in [0.717, 1.165) is 12.8 Å². The van der Waals surface area contributed by atoms with E-state index in [1.807, 2.05) is 6.92 Å². The van der Waals surface area contributed by atoms with Crippen LogP contribution in [0.5, 0.6) is 5.88 Å². The molecular weight excluding hydrogens is 413 g/mol. The topological polar surface area (TPSA) is 93.4 Å². The number of hydrogen-bond acceptors (Lipinski definition) is 6. The van der Waals surface area contributed by atoms with Gasteiger partial charge in [-0.1, -0.05) is 0 Å². The van der Waals surface area contributed by atoms with Crippen molar-refractivity contribution in [2.45, 2.75) is 51.4 Å². The Morgan fingerprint density at radius 3 is 2.66 bits per heavy atom. The molecule has 3 aromatic rings. The lowest BCUT2D eigenvalue weighted by Gasteiger charge is -2.38. The van der Waals surface area contributed by atoms with Crippen LogP contribution in [0.15, 0.2) is 48.9 Å². The largest absolute Gasteiger partial charge is 0.472 e. The van der Waals surface area contributed by atoms with Gasteiger partial charge in [0.25, 0.3) is 5.91 Å². The van der Waals surface area contributed by atoms with Crippen LogP contribution in [-0.2, 0) is 5.60 Å². The van der Waals surface area contributed by atoms with Crippen molar-refractivity contribution in [2.75, 3.05) is 6.54 Å². The zero-order valence-corrected chi connectivity index (χ0v) is 18.3. The Bertz CT molecular complexity index is 1100. The summed E-state index contributed by atoms with van der Waals surface area (Å²) in [6, 6.07) is 7.46. The van der Waals surface area contributed by atoms with E-state index in [1.54, 1.807) is 37.1 Å². The number of aromatic nitrogens is 4. The average molecular weight is 439 g/mol. The normalized spacial score (nSPS) is 19.1. The second-order valence-corrected chi connectivity index (χ2v) is 8.52. The van der Waals surface area contributed by atoms with E-state index in [2.05, 4.69) is 15.2 Å². The van der Waals surface area contributed by atoms with E-state index in [4.69, 9.17) is 4.74 Å². The molecule has 0 aliphatic carbocycles. The SMILES string of the molecule is C[C@@H]1CC[C@@H](Oc2ncccc2C(C)(C)O)CN1C(=O)c1ccc(F)cc1-n1nccn1. The lowest BCUT2D eigenvalue weighted by molar-refractivity contribution is 0.0325. The van der Waals surface area contributed by atoms with Gasteiger partial charge in [-0.15, -0.1) is 0 Å². The molecule has 32 heavy (non-hydrogen) atoms. The third kappa shape index (κ3) is 4.47. The van der Waals surface area contributed by atoms with Gasteiger partial charge < -0.3 is 14.7 Å². The first-order valence-corrected chi connectivity index (χ1v) is 10.6. The van der Waals surface area contributed by atoms with Crippen molar-refractivity contribution < 1.29 is 19.0 Å². The smallest absolute Gasteiger partial charge is 0.256 e. The highest BCUT2D eigenvalue weighted by atomic mass is 19.1. The van der Waals surface area contributed by atoms with Crippen LogP contribution < -0.4 is 4.74 Å². The molecule has 1 fully saturated rings. The quantitative estimate of drug-likeness (QED) is 0.657. The lowest BCUT2D eigenvalue weighted by atomic mass is 9.98. The molecule has 1 aliphatic heterocycles. The molecule has 0 saturated carbocycles. The van der Waals surface area contributed by atoms with Crippen molar-refractivity contribution in [1.82, 2.24) is 24.9 Å². The van der Waals surface area contributed by atoms with Crippen LogP contribution in [0.1, 0.15) is 49.5 Å². The van der Waals surface area contributed by atoms with Gasteiger partial charge in [0.1, 0.15) is 17.6 Å². The van der Waals surface area contributed by atoms with Crippen molar-refractivity contribution in [3.63, 3.8) is 0 Å². The van der Waals surface area contributed by atoms with Gasteiger partial charge in [0, 0.05) is 23.9 Å². The maximum atomic E-state index is 13.9. The number of halogens is 1. The fourth-order valence-corrected chi connectivity index (χ4v) is 3.91. The summed E-state index contributed by atoms with van der Waals surface area (Å²) in [7, 11) is 0. The maximum Gasteiger partial charge on any atom is 0.256 e. The van der Waals surface area contributed by atoms with E-state index in [1.165, 1.54) is 35.4 Å². The molecule has 0 spiro atoms. The number of carbonyl (C=O) groups excluding carboxylic acids is 1. The molecule has 0 radical (unpaired) electrons. The second kappa shape index (κ2) is 8.66. The Morgan fingerprint density at radius 2 is 1.94 bits per heavy atom. The van der Waals surface area contributed by atoms with Gasteiger partial charge in [0.15, 0.2) is 0 Å². The molecular formula is C23H26FN5O3. The number of piperidine rings is 1. The van der Waals surface area contributed by atoms with E-state index in [9.17, 15) is 14.3 Å². The fraction of sp³-hybridized carbons (Fsp3) is 0.391. The lowest BCUT2D eigenvalue weighted by Crippen LogP contribution is -2.49. The predicted molar refractivity (Wildman–Crippen MR) is 115 cm³/mol. The number of amides is 1. The monoisotopic (exact) mass is 439 g/mol. The Hall–Kier alpha value is -3.33. The Labute approximate surface area is 185 Å². The Balaban J connectivity index is 1.59. The first-order valence-electron chi connectivity index (χ1n) is 10.6. The highest BCUT2D eigenvalue weighted by Crippen LogP contribution is 2.30.